The van der Waals surface area contributed by atoms with Crippen molar-refractivity contribution in [2.75, 3.05) is 0 Å². The summed E-state index contributed by atoms with van der Waals surface area (Å²) in [5, 5.41) is 3.05. The lowest BCUT2D eigenvalue weighted by Gasteiger charge is -2.19. The number of aryl methyl sites for hydroxylation is 1. The number of rotatable bonds is 1. The minimum absolute atomic E-state index is 0.231. The number of nitrogens with zero attached hydrogens (tertiary/aromatic N) is 1. The topological polar surface area (TPSA) is 29.4 Å². The van der Waals surface area contributed by atoms with Crippen LogP contribution in [-0.4, -0.2) is 0 Å². The number of hydrogen-bond donors (Lipinski definition) is 0. The summed E-state index contributed by atoms with van der Waals surface area (Å²) < 4.78 is 12.8. The van der Waals surface area contributed by atoms with Crippen LogP contribution in [0, 0.1) is 10.7 Å². The summed E-state index contributed by atoms with van der Waals surface area (Å²) in [7, 11) is 0. The highest BCUT2D eigenvalue weighted by Crippen LogP contribution is 2.32. The smallest absolute Gasteiger partial charge is 0.123 e. The fourth-order valence-corrected chi connectivity index (χ4v) is 1.87. The van der Waals surface area contributed by atoms with Crippen molar-refractivity contribution in [3.8, 4) is 0 Å². The summed E-state index contributed by atoms with van der Waals surface area (Å²) in [6, 6.07) is 4.31. The predicted octanol–water partition coefficient (Wildman–Crippen LogP) is 2.97. The molecule has 0 spiro atoms. The second kappa shape index (κ2) is 3.24. The average molecular weight is 179 g/mol. The van der Waals surface area contributed by atoms with Crippen molar-refractivity contribution in [2.45, 2.75) is 25.3 Å². The molecule has 2 nitrogen and oxygen atoms in total. The number of hydrogen-bond acceptors (Lipinski definition) is 2. The third kappa shape index (κ3) is 1.46. The van der Waals surface area contributed by atoms with Crippen LogP contribution < -0.4 is 0 Å². The zero-order valence-electron chi connectivity index (χ0n) is 7.16. The molecule has 0 aliphatic heterocycles. The molecule has 0 bridgehead atoms. The van der Waals surface area contributed by atoms with Gasteiger partial charge in [0.2, 0.25) is 0 Å². The Hall–Kier alpha value is -1.25. The van der Waals surface area contributed by atoms with E-state index in [-0.39, 0.29) is 11.9 Å². The number of nitroso groups, excluding NO2 is 1. The van der Waals surface area contributed by atoms with Crippen molar-refractivity contribution < 1.29 is 4.39 Å². The molecule has 1 unspecified atom stereocenters. The summed E-state index contributed by atoms with van der Waals surface area (Å²) in [6.07, 6.45) is 2.58. The molecule has 3 heteroatoms. The summed E-state index contributed by atoms with van der Waals surface area (Å²) in [6.45, 7) is 0. The van der Waals surface area contributed by atoms with Gasteiger partial charge in [-0.2, -0.15) is 4.91 Å². The van der Waals surface area contributed by atoms with E-state index in [1.54, 1.807) is 6.07 Å². The second-order valence-corrected chi connectivity index (χ2v) is 3.36. The van der Waals surface area contributed by atoms with Gasteiger partial charge in [-0.15, -0.1) is 0 Å². The third-order valence-electron chi connectivity index (χ3n) is 2.51. The van der Waals surface area contributed by atoms with Gasteiger partial charge in [0.1, 0.15) is 11.9 Å². The first kappa shape index (κ1) is 8.35. The molecule has 0 fully saturated rings. The van der Waals surface area contributed by atoms with E-state index < -0.39 is 0 Å². The molecule has 1 aliphatic rings. The SMILES string of the molecule is O=NC1CCCc2cc(F)ccc21. The van der Waals surface area contributed by atoms with Crippen LogP contribution in [0.2, 0.25) is 0 Å². The van der Waals surface area contributed by atoms with Gasteiger partial charge in [0.25, 0.3) is 0 Å². The molecule has 0 saturated heterocycles. The summed E-state index contributed by atoms with van der Waals surface area (Å²) in [4.78, 5) is 10.5. The minimum Gasteiger partial charge on any atom is -0.207 e. The van der Waals surface area contributed by atoms with Crippen LogP contribution in [0.4, 0.5) is 4.39 Å². The van der Waals surface area contributed by atoms with Crippen molar-refractivity contribution in [3.63, 3.8) is 0 Å². The van der Waals surface area contributed by atoms with E-state index in [9.17, 15) is 9.30 Å². The first-order valence-electron chi connectivity index (χ1n) is 4.42. The Kier molecular flexibility index (Phi) is 2.08. The van der Waals surface area contributed by atoms with Crippen LogP contribution in [0.1, 0.15) is 30.0 Å². The fraction of sp³-hybridized carbons (Fsp3) is 0.400. The normalized spacial score (nSPS) is 20.8. The van der Waals surface area contributed by atoms with E-state index >= 15 is 0 Å². The largest absolute Gasteiger partial charge is 0.207 e. The average Bonchev–Trinajstić information content (AvgIpc) is 2.16. The molecule has 1 aromatic rings. The zero-order chi connectivity index (χ0) is 9.26. The first-order valence-corrected chi connectivity index (χ1v) is 4.42. The molecule has 1 atom stereocenters. The second-order valence-electron chi connectivity index (χ2n) is 3.36. The summed E-state index contributed by atoms with van der Waals surface area (Å²) in [5.41, 5.74) is 1.85. The molecule has 0 aromatic heterocycles. The van der Waals surface area contributed by atoms with Crippen LogP contribution in [0.15, 0.2) is 23.4 Å². The third-order valence-corrected chi connectivity index (χ3v) is 2.51. The maximum atomic E-state index is 12.8. The van der Waals surface area contributed by atoms with Gasteiger partial charge in [-0.1, -0.05) is 11.2 Å². The highest BCUT2D eigenvalue weighted by molar-refractivity contribution is 5.32. The van der Waals surface area contributed by atoms with E-state index in [2.05, 4.69) is 5.18 Å². The first-order chi connectivity index (χ1) is 6.31. The Morgan fingerprint density at radius 3 is 3.08 bits per heavy atom. The maximum absolute atomic E-state index is 12.8. The molecular formula is C10H10FNO. The molecule has 1 aromatic carbocycles. The molecule has 68 valence electrons. The van der Waals surface area contributed by atoms with Gasteiger partial charge in [-0.25, -0.2) is 4.39 Å². The van der Waals surface area contributed by atoms with Crippen molar-refractivity contribution in [3.05, 3.63) is 40.1 Å². The molecule has 0 N–H and O–H groups in total. The highest BCUT2D eigenvalue weighted by atomic mass is 19.1. The van der Waals surface area contributed by atoms with Crippen molar-refractivity contribution in [1.82, 2.24) is 0 Å². The molecule has 2 rings (SSSR count). The van der Waals surface area contributed by atoms with Gasteiger partial charge >= 0.3 is 0 Å². The predicted molar refractivity (Wildman–Crippen MR) is 47.9 cm³/mol. The lowest BCUT2D eigenvalue weighted by Crippen LogP contribution is -2.07. The van der Waals surface area contributed by atoms with Crippen LogP contribution in [-0.2, 0) is 6.42 Å². The number of halogens is 1. The van der Waals surface area contributed by atoms with E-state index in [4.69, 9.17) is 0 Å². The van der Waals surface area contributed by atoms with Crippen LogP contribution in [0.5, 0.6) is 0 Å². The van der Waals surface area contributed by atoms with E-state index in [0.29, 0.717) is 0 Å². The highest BCUT2D eigenvalue weighted by Gasteiger charge is 2.20. The monoisotopic (exact) mass is 179 g/mol. The van der Waals surface area contributed by atoms with Gasteiger partial charge in [0.15, 0.2) is 0 Å². The van der Waals surface area contributed by atoms with Gasteiger partial charge in [-0.3, -0.25) is 0 Å². The molecule has 1 aliphatic carbocycles. The Bertz CT molecular complexity index is 338. The zero-order valence-corrected chi connectivity index (χ0v) is 7.16. The van der Waals surface area contributed by atoms with Crippen LogP contribution in [0.25, 0.3) is 0 Å². The van der Waals surface area contributed by atoms with Crippen molar-refractivity contribution in [2.24, 2.45) is 5.18 Å². The van der Waals surface area contributed by atoms with Crippen LogP contribution in [0.3, 0.4) is 0 Å². The van der Waals surface area contributed by atoms with Gasteiger partial charge in [-0.05, 0) is 42.5 Å². The Morgan fingerprint density at radius 1 is 1.46 bits per heavy atom. The minimum atomic E-state index is -0.260. The molecule has 0 saturated carbocycles. The molecule has 13 heavy (non-hydrogen) atoms. The maximum Gasteiger partial charge on any atom is 0.123 e. The van der Waals surface area contributed by atoms with Crippen molar-refractivity contribution >= 4 is 0 Å². The Morgan fingerprint density at radius 2 is 2.31 bits per heavy atom. The lowest BCUT2D eigenvalue weighted by atomic mass is 9.88. The number of fused-ring (bicyclic) bond motifs is 1. The summed E-state index contributed by atoms with van der Waals surface area (Å²) in [5.74, 6) is -0.231. The van der Waals surface area contributed by atoms with Gasteiger partial charge in [0, 0.05) is 0 Å². The lowest BCUT2D eigenvalue weighted by molar-refractivity contribution is 0.559. The Labute approximate surface area is 75.7 Å². The fourth-order valence-electron chi connectivity index (χ4n) is 1.87. The van der Waals surface area contributed by atoms with Crippen molar-refractivity contribution in [1.29, 1.82) is 0 Å². The van der Waals surface area contributed by atoms with E-state index in [0.717, 1.165) is 30.4 Å². The molecule has 0 radical (unpaired) electrons. The molecule has 0 heterocycles. The van der Waals surface area contributed by atoms with Gasteiger partial charge < -0.3 is 0 Å². The Balaban J connectivity index is 2.45. The molecule has 0 amide bonds. The quantitative estimate of drug-likeness (QED) is 0.609. The number of benzene rings is 1. The van der Waals surface area contributed by atoms with Crippen LogP contribution >= 0.6 is 0 Å². The van der Waals surface area contributed by atoms with E-state index in [1.165, 1.54) is 12.1 Å². The standard InChI is InChI=1S/C10H10FNO/c11-8-4-5-9-7(6-8)2-1-3-10(9)12-13/h4-6,10H,1-3H2. The van der Waals surface area contributed by atoms with Gasteiger partial charge in [0.05, 0.1) is 0 Å². The summed E-state index contributed by atoms with van der Waals surface area (Å²) >= 11 is 0. The van der Waals surface area contributed by atoms with E-state index in [1.807, 2.05) is 0 Å². The molecular weight excluding hydrogens is 169 g/mol.